The Kier molecular flexibility index (Phi) is 3.48. The summed E-state index contributed by atoms with van der Waals surface area (Å²) < 4.78 is 0. The molecule has 0 fully saturated rings. The Bertz CT molecular complexity index is 611. The van der Waals surface area contributed by atoms with Crippen LogP contribution in [0.15, 0.2) is 29.2 Å². The molecular formula is C12H8Cl3NO. The quantitative estimate of drug-likeness (QED) is 0.833. The highest BCUT2D eigenvalue weighted by molar-refractivity contribution is 6.41. The molecule has 0 unspecified atom stereocenters. The van der Waals surface area contributed by atoms with E-state index >= 15 is 0 Å². The lowest BCUT2D eigenvalue weighted by atomic mass is 10.0. The minimum absolute atomic E-state index is 0.201. The molecular weight excluding hydrogens is 280 g/mol. The van der Waals surface area contributed by atoms with Crippen LogP contribution in [0.25, 0.3) is 11.1 Å². The maximum atomic E-state index is 11.3. The molecule has 1 heterocycles. The van der Waals surface area contributed by atoms with Gasteiger partial charge in [0.25, 0.3) is 0 Å². The van der Waals surface area contributed by atoms with Crippen LogP contribution in [-0.4, -0.2) is 4.98 Å². The van der Waals surface area contributed by atoms with E-state index in [1.165, 1.54) is 6.07 Å². The lowest BCUT2D eigenvalue weighted by Gasteiger charge is -2.10. The molecule has 2 aromatic rings. The molecule has 0 aliphatic rings. The Balaban J connectivity index is 2.77. The van der Waals surface area contributed by atoms with Gasteiger partial charge >= 0.3 is 0 Å². The second kappa shape index (κ2) is 4.73. The number of benzene rings is 1. The number of nitrogens with one attached hydrogen (secondary N) is 1. The zero-order valence-corrected chi connectivity index (χ0v) is 11.1. The van der Waals surface area contributed by atoms with E-state index in [4.69, 9.17) is 34.8 Å². The maximum Gasteiger partial charge on any atom is 0.248 e. The van der Waals surface area contributed by atoms with Crippen LogP contribution in [0.4, 0.5) is 0 Å². The summed E-state index contributed by atoms with van der Waals surface area (Å²) in [5.74, 6) is 0. The number of pyridine rings is 1. The highest BCUT2D eigenvalue weighted by Gasteiger charge is 2.12. The van der Waals surface area contributed by atoms with Crippen LogP contribution >= 0.6 is 34.8 Å². The van der Waals surface area contributed by atoms with E-state index in [9.17, 15) is 4.79 Å². The number of rotatable bonds is 1. The standard InChI is InChI=1S/C12H8Cl3NO/c1-6-5-16-11(17)4-8(6)12-9(14)2-7(13)3-10(12)15/h2-5H,1H3,(H,16,17). The SMILES string of the molecule is Cc1c[nH]c(=O)cc1-c1c(Cl)cc(Cl)cc1Cl. The molecule has 0 aliphatic carbocycles. The first-order valence-corrected chi connectivity index (χ1v) is 5.96. The predicted molar refractivity (Wildman–Crippen MR) is 72.3 cm³/mol. The normalized spacial score (nSPS) is 10.6. The number of aryl methyl sites for hydroxylation is 1. The van der Waals surface area contributed by atoms with Crippen LogP contribution in [0.3, 0.4) is 0 Å². The van der Waals surface area contributed by atoms with E-state index in [1.807, 2.05) is 6.92 Å². The van der Waals surface area contributed by atoms with Crippen molar-refractivity contribution in [3.05, 3.63) is 55.4 Å². The third-order valence-corrected chi connectivity index (χ3v) is 3.22. The van der Waals surface area contributed by atoms with E-state index in [0.29, 0.717) is 26.2 Å². The van der Waals surface area contributed by atoms with Crippen molar-refractivity contribution in [2.24, 2.45) is 0 Å². The number of aromatic amines is 1. The van der Waals surface area contributed by atoms with Crippen LogP contribution in [0.5, 0.6) is 0 Å². The fraction of sp³-hybridized carbons (Fsp3) is 0.0833. The number of halogens is 3. The van der Waals surface area contributed by atoms with Crippen molar-refractivity contribution in [2.45, 2.75) is 6.92 Å². The van der Waals surface area contributed by atoms with Crippen molar-refractivity contribution >= 4 is 34.8 Å². The van der Waals surface area contributed by atoms with Gasteiger partial charge in [0.15, 0.2) is 0 Å². The molecule has 88 valence electrons. The van der Waals surface area contributed by atoms with Crippen molar-refractivity contribution < 1.29 is 0 Å². The summed E-state index contributed by atoms with van der Waals surface area (Å²) in [5, 5.41) is 1.32. The molecule has 0 atom stereocenters. The highest BCUT2D eigenvalue weighted by Crippen LogP contribution is 2.37. The van der Waals surface area contributed by atoms with Crippen molar-refractivity contribution in [1.29, 1.82) is 0 Å². The summed E-state index contributed by atoms with van der Waals surface area (Å²) >= 11 is 18.1. The molecule has 1 N–H and O–H groups in total. The summed E-state index contributed by atoms with van der Waals surface area (Å²) in [6.45, 7) is 1.87. The second-order valence-electron chi connectivity index (χ2n) is 3.64. The number of hydrogen-bond donors (Lipinski definition) is 1. The Morgan fingerprint density at radius 1 is 1.06 bits per heavy atom. The Hall–Kier alpha value is -0.960. The van der Waals surface area contributed by atoms with Crippen molar-refractivity contribution in [2.75, 3.05) is 0 Å². The van der Waals surface area contributed by atoms with Gasteiger partial charge in [-0.05, 0) is 30.2 Å². The summed E-state index contributed by atoms with van der Waals surface area (Å²) in [6, 6.07) is 4.67. The van der Waals surface area contributed by atoms with Gasteiger partial charge in [-0.1, -0.05) is 34.8 Å². The molecule has 0 aliphatic heterocycles. The summed E-state index contributed by atoms with van der Waals surface area (Å²) in [6.07, 6.45) is 1.62. The van der Waals surface area contributed by atoms with Crippen molar-refractivity contribution in [1.82, 2.24) is 4.98 Å². The third-order valence-electron chi connectivity index (χ3n) is 2.41. The molecule has 0 bridgehead atoms. The van der Waals surface area contributed by atoms with Gasteiger partial charge in [-0.2, -0.15) is 0 Å². The smallest absolute Gasteiger partial charge is 0.248 e. The lowest BCUT2D eigenvalue weighted by molar-refractivity contribution is 1.20. The van der Waals surface area contributed by atoms with E-state index in [0.717, 1.165) is 5.56 Å². The van der Waals surface area contributed by atoms with Gasteiger partial charge in [-0.25, -0.2) is 0 Å². The molecule has 0 saturated carbocycles. The molecule has 0 saturated heterocycles. The first-order valence-electron chi connectivity index (χ1n) is 4.83. The molecule has 1 aromatic carbocycles. The summed E-state index contributed by atoms with van der Waals surface area (Å²) in [7, 11) is 0. The Morgan fingerprint density at radius 3 is 2.24 bits per heavy atom. The topological polar surface area (TPSA) is 32.9 Å². The van der Waals surface area contributed by atoms with Gasteiger partial charge < -0.3 is 4.98 Å². The second-order valence-corrected chi connectivity index (χ2v) is 4.89. The first kappa shape index (κ1) is 12.5. The number of H-pyrrole nitrogens is 1. The minimum atomic E-state index is -0.201. The highest BCUT2D eigenvalue weighted by atomic mass is 35.5. The van der Waals surface area contributed by atoms with E-state index in [2.05, 4.69) is 4.98 Å². The third kappa shape index (κ3) is 2.49. The van der Waals surface area contributed by atoms with Gasteiger partial charge in [0, 0.05) is 22.8 Å². The average Bonchev–Trinajstić information content (AvgIpc) is 2.21. The number of hydrogen-bond acceptors (Lipinski definition) is 1. The maximum absolute atomic E-state index is 11.3. The molecule has 17 heavy (non-hydrogen) atoms. The minimum Gasteiger partial charge on any atom is -0.329 e. The van der Waals surface area contributed by atoms with Crippen LogP contribution < -0.4 is 5.56 Å². The first-order chi connectivity index (χ1) is 7.99. The summed E-state index contributed by atoms with van der Waals surface area (Å²) in [4.78, 5) is 13.9. The fourth-order valence-electron chi connectivity index (χ4n) is 1.61. The van der Waals surface area contributed by atoms with Crippen molar-refractivity contribution in [3.8, 4) is 11.1 Å². The zero-order valence-electron chi connectivity index (χ0n) is 8.85. The lowest BCUT2D eigenvalue weighted by Crippen LogP contribution is -2.04. The average molecular weight is 289 g/mol. The van der Waals surface area contributed by atoms with Crippen molar-refractivity contribution in [3.63, 3.8) is 0 Å². The van der Waals surface area contributed by atoms with Gasteiger partial charge in [0.1, 0.15) is 0 Å². The molecule has 0 radical (unpaired) electrons. The largest absolute Gasteiger partial charge is 0.329 e. The van der Waals surface area contributed by atoms with Gasteiger partial charge in [-0.15, -0.1) is 0 Å². The predicted octanol–water partition coefficient (Wildman–Crippen LogP) is 4.31. The molecule has 2 nitrogen and oxygen atoms in total. The fourth-order valence-corrected chi connectivity index (χ4v) is 2.63. The zero-order chi connectivity index (χ0) is 12.6. The van der Waals surface area contributed by atoms with E-state index in [-0.39, 0.29) is 5.56 Å². The molecule has 0 amide bonds. The number of aromatic nitrogens is 1. The van der Waals surface area contributed by atoms with Gasteiger partial charge in [0.05, 0.1) is 10.0 Å². The summed E-state index contributed by atoms with van der Waals surface area (Å²) in [5.41, 5.74) is 2.02. The molecule has 0 spiro atoms. The van der Waals surface area contributed by atoms with Gasteiger partial charge in [-0.3, -0.25) is 4.79 Å². The molecule has 2 rings (SSSR count). The van der Waals surface area contributed by atoms with Crippen LogP contribution in [0, 0.1) is 6.92 Å². The molecule has 1 aromatic heterocycles. The van der Waals surface area contributed by atoms with E-state index < -0.39 is 0 Å². The van der Waals surface area contributed by atoms with Crippen LogP contribution in [0.2, 0.25) is 15.1 Å². The monoisotopic (exact) mass is 287 g/mol. The van der Waals surface area contributed by atoms with E-state index in [1.54, 1.807) is 18.3 Å². The van der Waals surface area contributed by atoms with Crippen LogP contribution in [0.1, 0.15) is 5.56 Å². The van der Waals surface area contributed by atoms with Crippen LogP contribution in [-0.2, 0) is 0 Å². The molecule has 5 heteroatoms. The Labute approximate surface area is 113 Å². The van der Waals surface area contributed by atoms with Gasteiger partial charge in [0.2, 0.25) is 5.56 Å². The Morgan fingerprint density at radius 2 is 1.65 bits per heavy atom.